The van der Waals surface area contributed by atoms with Crippen LogP contribution in [0.25, 0.3) is 0 Å². The number of rotatable bonds is 3. The van der Waals surface area contributed by atoms with E-state index in [9.17, 15) is 0 Å². The van der Waals surface area contributed by atoms with Gasteiger partial charge < -0.3 is 4.74 Å². The molecule has 2 unspecified atom stereocenters. The van der Waals surface area contributed by atoms with Gasteiger partial charge in [0.15, 0.2) is 0 Å². The molecule has 0 amide bonds. The summed E-state index contributed by atoms with van der Waals surface area (Å²) in [4.78, 5) is 0. The van der Waals surface area contributed by atoms with Gasteiger partial charge in [-0.1, -0.05) is 29.3 Å². The molecule has 0 saturated carbocycles. The minimum Gasteiger partial charge on any atom is -0.370 e. The van der Waals surface area contributed by atoms with Gasteiger partial charge in [0.2, 0.25) is 0 Å². The van der Waals surface area contributed by atoms with Crippen LogP contribution in [-0.4, -0.2) is 12.2 Å². The zero-order chi connectivity index (χ0) is 10.1. The highest BCUT2D eigenvalue weighted by Gasteiger charge is 2.33. The molecule has 0 N–H and O–H groups in total. The van der Waals surface area contributed by atoms with Gasteiger partial charge in [-0.15, -0.1) is 0 Å². The first-order chi connectivity index (χ1) is 6.65. The fourth-order valence-electron chi connectivity index (χ4n) is 2.06. The lowest BCUT2D eigenvalue weighted by atomic mass is 10.0. The van der Waals surface area contributed by atoms with Crippen molar-refractivity contribution in [2.24, 2.45) is 0 Å². The predicted molar refractivity (Wildman–Crippen MR) is 58.6 cm³/mol. The Morgan fingerprint density at radius 1 is 1.14 bits per heavy atom. The SMILES string of the molecule is Cc1cc(C)cc(CCC2OC2C)c1. The van der Waals surface area contributed by atoms with Crippen LogP contribution >= 0.6 is 0 Å². The van der Waals surface area contributed by atoms with Crippen molar-refractivity contribution in [3.63, 3.8) is 0 Å². The Bertz CT molecular complexity index is 310. The molecule has 0 spiro atoms. The highest BCUT2D eigenvalue weighted by atomic mass is 16.6. The van der Waals surface area contributed by atoms with Gasteiger partial charge in [0, 0.05) is 0 Å². The number of hydrogen-bond donors (Lipinski definition) is 0. The average Bonchev–Trinajstić information content (AvgIpc) is 2.77. The molecule has 1 aliphatic heterocycles. The first-order valence-electron chi connectivity index (χ1n) is 5.38. The second kappa shape index (κ2) is 3.74. The van der Waals surface area contributed by atoms with Crippen molar-refractivity contribution in [1.82, 2.24) is 0 Å². The summed E-state index contributed by atoms with van der Waals surface area (Å²) in [6.45, 7) is 6.46. The number of hydrogen-bond acceptors (Lipinski definition) is 1. The van der Waals surface area contributed by atoms with Crippen molar-refractivity contribution in [2.45, 2.75) is 45.8 Å². The highest BCUT2D eigenvalue weighted by Crippen LogP contribution is 2.26. The molecular weight excluding hydrogens is 172 g/mol. The third-order valence-corrected chi connectivity index (χ3v) is 2.84. The molecule has 76 valence electrons. The molecule has 14 heavy (non-hydrogen) atoms. The smallest absolute Gasteiger partial charge is 0.0842 e. The van der Waals surface area contributed by atoms with Gasteiger partial charge >= 0.3 is 0 Å². The monoisotopic (exact) mass is 190 g/mol. The summed E-state index contributed by atoms with van der Waals surface area (Å²) in [6, 6.07) is 6.78. The second-order valence-electron chi connectivity index (χ2n) is 4.41. The molecule has 0 bridgehead atoms. The van der Waals surface area contributed by atoms with Gasteiger partial charge in [-0.25, -0.2) is 0 Å². The van der Waals surface area contributed by atoms with E-state index < -0.39 is 0 Å². The molecule has 1 nitrogen and oxygen atoms in total. The zero-order valence-electron chi connectivity index (χ0n) is 9.21. The van der Waals surface area contributed by atoms with Crippen LogP contribution in [0.1, 0.15) is 30.0 Å². The van der Waals surface area contributed by atoms with Crippen LogP contribution in [0, 0.1) is 13.8 Å². The maximum absolute atomic E-state index is 5.40. The second-order valence-corrected chi connectivity index (χ2v) is 4.41. The van der Waals surface area contributed by atoms with Gasteiger partial charge in [0.1, 0.15) is 0 Å². The molecule has 2 atom stereocenters. The molecule has 1 saturated heterocycles. The lowest BCUT2D eigenvalue weighted by molar-refractivity contribution is 0.370. The zero-order valence-corrected chi connectivity index (χ0v) is 9.21. The Labute approximate surface area is 86.1 Å². The van der Waals surface area contributed by atoms with E-state index in [1.54, 1.807) is 0 Å². The van der Waals surface area contributed by atoms with Gasteiger partial charge in [-0.3, -0.25) is 0 Å². The Kier molecular flexibility index (Phi) is 2.60. The molecule has 1 aromatic carbocycles. The summed E-state index contributed by atoms with van der Waals surface area (Å²) in [5, 5.41) is 0. The Balaban J connectivity index is 1.95. The van der Waals surface area contributed by atoms with Gasteiger partial charge in [0.05, 0.1) is 12.2 Å². The van der Waals surface area contributed by atoms with Crippen LogP contribution in [0.2, 0.25) is 0 Å². The van der Waals surface area contributed by atoms with E-state index in [1.807, 2.05) is 0 Å². The summed E-state index contributed by atoms with van der Waals surface area (Å²) in [7, 11) is 0. The van der Waals surface area contributed by atoms with Crippen LogP contribution in [0.3, 0.4) is 0 Å². The topological polar surface area (TPSA) is 12.5 Å². The molecule has 0 radical (unpaired) electrons. The van der Waals surface area contributed by atoms with Crippen LogP contribution < -0.4 is 0 Å². The van der Waals surface area contributed by atoms with Crippen molar-refractivity contribution in [2.75, 3.05) is 0 Å². The van der Waals surface area contributed by atoms with E-state index in [0.717, 1.165) is 6.42 Å². The van der Waals surface area contributed by atoms with Crippen LogP contribution in [0.4, 0.5) is 0 Å². The van der Waals surface area contributed by atoms with Crippen LogP contribution in [-0.2, 0) is 11.2 Å². The maximum Gasteiger partial charge on any atom is 0.0842 e. The Hall–Kier alpha value is -0.820. The molecule has 1 fully saturated rings. The highest BCUT2D eigenvalue weighted by molar-refractivity contribution is 5.28. The van der Waals surface area contributed by atoms with Crippen LogP contribution in [0.5, 0.6) is 0 Å². The lowest BCUT2D eigenvalue weighted by Crippen LogP contribution is -1.94. The van der Waals surface area contributed by atoms with E-state index in [-0.39, 0.29) is 0 Å². The first kappa shape index (κ1) is 9.72. The van der Waals surface area contributed by atoms with Crippen molar-refractivity contribution in [3.8, 4) is 0 Å². The van der Waals surface area contributed by atoms with Gasteiger partial charge in [-0.05, 0) is 39.2 Å². The van der Waals surface area contributed by atoms with E-state index in [4.69, 9.17) is 4.74 Å². The summed E-state index contributed by atoms with van der Waals surface area (Å²) in [5.74, 6) is 0. The van der Waals surface area contributed by atoms with Crippen LogP contribution in [0.15, 0.2) is 18.2 Å². The van der Waals surface area contributed by atoms with Crippen molar-refractivity contribution in [3.05, 3.63) is 34.9 Å². The number of ether oxygens (including phenoxy) is 1. The molecule has 0 aliphatic carbocycles. The molecular formula is C13H18O. The maximum atomic E-state index is 5.40. The number of epoxide rings is 1. The predicted octanol–water partition coefficient (Wildman–Crippen LogP) is 3.02. The molecule has 1 aliphatic rings. The molecule has 1 heterocycles. The first-order valence-corrected chi connectivity index (χ1v) is 5.38. The minimum absolute atomic E-state index is 0.501. The molecule has 1 aromatic rings. The Morgan fingerprint density at radius 2 is 1.71 bits per heavy atom. The van der Waals surface area contributed by atoms with Gasteiger partial charge in [0.25, 0.3) is 0 Å². The fraction of sp³-hybridized carbons (Fsp3) is 0.538. The van der Waals surface area contributed by atoms with E-state index in [1.165, 1.54) is 23.1 Å². The molecule has 2 rings (SSSR count). The lowest BCUT2D eigenvalue weighted by Gasteiger charge is -2.03. The summed E-state index contributed by atoms with van der Waals surface area (Å²) in [6.07, 6.45) is 3.35. The van der Waals surface area contributed by atoms with Crippen molar-refractivity contribution >= 4 is 0 Å². The molecule has 0 aromatic heterocycles. The van der Waals surface area contributed by atoms with E-state index in [2.05, 4.69) is 39.0 Å². The number of benzene rings is 1. The number of aryl methyl sites for hydroxylation is 3. The van der Waals surface area contributed by atoms with E-state index in [0.29, 0.717) is 12.2 Å². The fourth-order valence-corrected chi connectivity index (χ4v) is 2.06. The largest absolute Gasteiger partial charge is 0.370 e. The minimum atomic E-state index is 0.501. The summed E-state index contributed by atoms with van der Waals surface area (Å²) >= 11 is 0. The van der Waals surface area contributed by atoms with Gasteiger partial charge in [-0.2, -0.15) is 0 Å². The van der Waals surface area contributed by atoms with E-state index >= 15 is 0 Å². The molecule has 1 heteroatoms. The third-order valence-electron chi connectivity index (χ3n) is 2.84. The normalized spacial score (nSPS) is 25.1. The van der Waals surface area contributed by atoms with Crippen molar-refractivity contribution in [1.29, 1.82) is 0 Å². The average molecular weight is 190 g/mol. The Morgan fingerprint density at radius 3 is 2.21 bits per heavy atom. The van der Waals surface area contributed by atoms with Crippen molar-refractivity contribution < 1.29 is 4.74 Å². The summed E-state index contributed by atoms with van der Waals surface area (Å²) < 4.78 is 5.40. The standard InChI is InChI=1S/C13H18O/c1-9-6-10(2)8-12(7-9)4-5-13-11(3)14-13/h6-8,11,13H,4-5H2,1-3H3. The quantitative estimate of drug-likeness (QED) is 0.667. The summed E-state index contributed by atoms with van der Waals surface area (Å²) in [5.41, 5.74) is 4.18. The third kappa shape index (κ3) is 2.36.